The molecule has 1 aromatic heterocycles. The molecule has 0 atom stereocenters. The van der Waals surface area contributed by atoms with E-state index in [4.69, 9.17) is 9.31 Å². The van der Waals surface area contributed by atoms with Crippen LogP contribution in [0.15, 0.2) is 29.4 Å². The van der Waals surface area contributed by atoms with Crippen molar-refractivity contribution < 1.29 is 9.31 Å². The van der Waals surface area contributed by atoms with Gasteiger partial charge in [0.05, 0.1) is 17.2 Å². The number of benzene rings is 1. The molecular formula is C19H27BN4O2S. The van der Waals surface area contributed by atoms with Crippen molar-refractivity contribution in [3.63, 3.8) is 0 Å². The van der Waals surface area contributed by atoms with Crippen LogP contribution in [0, 0.1) is 0 Å². The Bertz CT molecular complexity index is 789. The zero-order valence-electron chi connectivity index (χ0n) is 16.5. The third-order valence-electron chi connectivity index (χ3n) is 5.98. The highest BCUT2D eigenvalue weighted by atomic mass is 32.2. The van der Waals surface area contributed by atoms with Crippen LogP contribution in [0.25, 0.3) is 0 Å². The average Bonchev–Trinajstić information content (AvgIpc) is 3.33. The quantitative estimate of drug-likeness (QED) is 0.580. The fraction of sp³-hybridized carbons (Fsp3) is 0.632. The van der Waals surface area contributed by atoms with E-state index < -0.39 is 0 Å². The number of rotatable bonds is 5. The summed E-state index contributed by atoms with van der Waals surface area (Å²) in [6, 6.07) is 8.89. The number of thioether (sulfide) groups is 1. The predicted molar refractivity (Wildman–Crippen MR) is 107 cm³/mol. The molecule has 0 radical (unpaired) electrons. The molecule has 8 heteroatoms. The van der Waals surface area contributed by atoms with Crippen molar-refractivity contribution >= 4 is 24.3 Å². The van der Waals surface area contributed by atoms with Crippen molar-refractivity contribution in [3.05, 3.63) is 29.8 Å². The van der Waals surface area contributed by atoms with Crippen molar-refractivity contribution in [2.24, 2.45) is 0 Å². The van der Waals surface area contributed by atoms with Gasteiger partial charge in [-0.25, -0.2) is 4.68 Å². The first-order valence-electron chi connectivity index (χ1n) is 9.71. The minimum atomic E-state index is -0.330. The maximum absolute atomic E-state index is 6.18. The Morgan fingerprint density at radius 3 is 2.56 bits per heavy atom. The van der Waals surface area contributed by atoms with Gasteiger partial charge >= 0.3 is 7.12 Å². The van der Waals surface area contributed by atoms with Crippen molar-refractivity contribution in [1.82, 2.24) is 20.2 Å². The molecule has 6 nitrogen and oxygen atoms in total. The highest BCUT2D eigenvalue weighted by molar-refractivity contribution is 7.98. The molecule has 1 aliphatic carbocycles. The van der Waals surface area contributed by atoms with Crippen LogP contribution in [0.3, 0.4) is 0 Å². The van der Waals surface area contributed by atoms with Gasteiger partial charge in [-0.05, 0) is 62.0 Å². The standard InChI is InChI=1S/C19H27BN4O2S/c1-18(2)19(3,4)26-20(25-18)15-9-7-8-14(12-15)13-27-17-21-22-23-24(17)16-10-5-6-11-16/h7-9,12,16H,5-6,10-11,13H2,1-4H3. The number of hydrogen-bond donors (Lipinski definition) is 0. The number of aromatic nitrogens is 4. The maximum Gasteiger partial charge on any atom is 0.494 e. The fourth-order valence-electron chi connectivity index (χ4n) is 3.62. The maximum atomic E-state index is 6.18. The summed E-state index contributed by atoms with van der Waals surface area (Å²) in [6.07, 6.45) is 4.89. The van der Waals surface area contributed by atoms with E-state index in [2.05, 4.69) is 67.5 Å². The van der Waals surface area contributed by atoms with E-state index in [-0.39, 0.29) is 18.3 Å². The zero-order valence-corrected chi connectivity index (χ0v) is 17.3. The topological polar surface area (TPSA) is 62.1 Å². The molecular weight excluding hydrogens is 359 g/mol. The van der Waals surface area contributed by atoms with E-state index in [1.807, 2.05) is 4.68 Å². The van der Waals surface area contributed by atoms with Crippen molar-refractivity contribution in [3.8, 4) is 0 Å². The van der Waals surface area contributed by atoms with Gasteiger partial charge < -0.3 is 9.31 Å². The second kappa shape index (κ2) is 7.22. The summed E-state index contributed by atoms with van der Waals surface area (Å²) in [5.74, 6) is 0.820. The Hall–Kier alpha value is -1.38. The lowest BCUT2D eigenvalue weighted by Gasteiger charge is -2.32. The van der Waals surface area contributed by atoms with E-state index in [0.29, 0.717) is 6.04 Å². The summed E-state index contributed by atoms with van der Waals surface area (Å²) < 4.78 is 14.4. The monoisotopic (exact) mass is 386 g/mol. The van der Waals surface area contributed by atoms with Crippen molar-refractivity contribution in [2.45, 2.75) is 81.5 Å². The van der Waals surface area contributed by atoms with Crippen molar-refractivity contribution in [2.75, 3.05) is 0 Å². The number of tetrazole rings is 1. The van der Waals surface area contributed by atoms with Gasteiger partial charge in [0.15, 0.2) is 0 Å². The molecule has 1 saturated carbocycles. The van der Waals surface area contributed by atoms with E-state index >= 15 is 0 Å². The first-order valence-corrected chi connectivity index (χ1v) is 10.7. The molecule has 4 rings (SSSR count). The number of nitrogens with zero attached hydrogens (tertiary/aromatic N) is 4. The molecule has 27 heavy (non-hydrogen) atoms. The average molecular weight is 386 g/mol. The molecule has 2 aliphatic rings. The number of hydrogen-bond acceptors (Lipinski definition) is 6. The van der Waals surface area contributed by atoms with Crippen LogP contribution in [0.5, 0.6) is 0 Å². The van der Waals surface area contributed by atoms with E-state index in [0.717, 1.165) is 16.4 Å². The molecule has 0 unspecified atom stereocenters. The Morgan fingerprint density at radius 2 is 1.85 bits per heavy atom. The summed E-state index contributed by atoms with van der Waals surface area (Å²) in [7, 11) is -0.330. The largest absolute Gasteiger partial charge is 0.494 e. The Morgan fingerprint density at radius 1 is 1.15 bits per heavy atom. The summed E-state index contributed by atoms with van der Waals surface area (Å²) in [5, 5.41) is 13.2. The minimum Gasteiger partial charge on any atom is -0.399 e. The third-order valence-corrected chi connectivity index (χ3v) is 6.98. The second-order valence-corrected chi connectivity index (χ2v) is 9.41. The van der Waals surface area contributed by atoms with E-state index in [1.165, 1.54) is 31.2 Å². The lowest BCUT2D eigenvalue weighted by molar-refractivity contribution is 0.00578. The molecule has 0 bridgehead atoms. The van der Waals surface area contributed by atoms with Crippen LogP contribution < -0.4 is 5.46 Å². The molecule has 144 valence electrons. The van der Waals surface area contributed by atoms with Crippen molar-refractivity contribution in [1.29, 1.82) is 0 Å². The smallest absolute Gasteiger partial charge is 0.399 e. The van der Waals surface area contributed by atoms with Crippen LogP contribution in [-0.4, -0.2) is 38.5 Å². The summed E-state index contributed by atoms with van der Waals surface area (Å²) in [5.41, 5.74) is 1.62. The van der Waals surface area contributed by atoms with Gasteiger partial charge in [-0.2, -0.15) is 0 Å². The molecule has 0 spiro atoms. The van der Waals surface area contributed by atoms with Gasteiger partial charge in [0.1, 0.15) is 0 Å². The van der Waals surface area contributed by atoms with Crippen LogP contribution in [-0.2, 0) is 15.1 Å². The first kappa shape index (κ1) is 19.0. The molecule has 2 aromatic rings. The molecule has 0 N–H and O–H groups in total. The van der Waals surface area contributed by atoms with Crippen LogP contribution in [0.4, 0.5) is 0 Å². The highest BCUT2D eigenvalue weighted by Crippen LogP contribution is 2.36. The molecule has 1 saturated heterocycles. The van der Waals surface area contributed by atoms with Gasteiger partial charge in [-0.1, -0.05) is 48.9 Å². The Labute approximate surface area is 165 Å². The second-order valence-electron chi connectivity index (χ2n) is 8.47. The fourth-order valence-corrected chi connectivity index (χ4v) is 4.50. The summed E-state index contributed by atoms with van der Waals surface area (Å²) in [6.45, 7) is 8.32. The normalized spacial score (nSPS) is 21.9. The lowest BCUT2D eigenvalue weighted by atomic mass is 9.78. The highest BCUT2D eigenvalue weighted by Gasteiger charge is 2.51. The third kappa shape index (κ3) is 3.80. The van der Waals surface area contributed by atoms with Gasteiger partial charge in [0.2, 0.25) is 5.16 Å². The van der Waals surface area contributed by atoms with Crippen LogP contribution >= 0.6 is 11.8 Å². The van der Waals surface area contributed by atoms with Gasteiger partial charge in [-0.15, -0.1) is 5.10 Å². The minimum absolute atomic E-state index is 0.328. The van der Waals surface area contributed by atoms with Gasteiger partial charge in [0, 0.05) is 5.75 Å². The molecule has 0 amide bonds. The van der Waals surface area contributed by atoms with Gasteiger partial charge in [0.25, 0.3) is 0 Å². The lowest BCUT2D eigenvalue weighted by Crippen LogP contribution is -2.41. The zero-order chi connectivity index (χ0) is 19.1. The molecule has 1 aromatic carbocycles. The van der Waals surface area contributed by atoms with E-state index in [1.54, 1.807) is 11.8 Å². The summed E-state index contributed by atoms with van der Waals surface area (Å²) in [4.78, 5) is 0. The molecule has 2 heterocycles. The first-order chi connectivity index (χ1) is 12.9. The molecule has 2 fully saturated rings. The van der Waals surface area contributed by atoms with E-state index in [9.17, 15) is 0 Å². The Balaban J connectivity index is 1.44. The molecule has 1 aliphatic heterocycles. The van der Waals surface area contributed by atoms with Gasteiger partial charge in [-0.3, -0.25) is 0 Å². The summed E-state index contributed by atoms with van der Waals surface area (Å²) >= 11 is 1.69. The van der Waals surface area contributed by atoms with Crippen LogP contribution in [0.2, 0.25) is 0 Å². The predicted octanol–water partition coefficient (Wildman–Crippen LogP) is 3.38. The Kier molecular flexibility index (Phi) is 5.07. The van der Waals surface area contributed by atoms with Crippen LogP contribution in [0.1, 0.15) is 65.0 Å². The SMILES string of the molecule is CC1(C)OB(c2cccc(CSc3nnnn3C3CCCC3)c2)OC1(C)C.